The predicted octanol–water partition coefficient (Wildman–Crippen LogP) is 3.22. The Kier molecular flexibility index (Phi) is 22.2. The first-order valence-corrected chi connectivity index (χ1v) is 26.0. The molecule has 8 atom stereocenters. The number of nitrogens with one attached hydrogen (secondary N) is 2. The SMILES string of the molecule is CCCC(C)CCCCCCCCC(=O)SCCNC(=O)CCNC(=O)C(O)C(C)(C)COP(=O)(O)OP(=O)(O)OCC1OC(n2cnc3c(N)ncnc32)C(O)C1OP(=O)(O)O. The van der Waals surface area contributed by atoms with E-state index in [1.54, 1.807) is 0 Å². The highest BCUT2D eigenvalue weighted by molar-refractivity contribution is 8.13. The lowest BCUT2D eigenvalue weighted by molar-refractivity contribution is -0.137. The summed E-state index contributed by atoms with van der Waals surface area (Å²) in [6.07, 6.45) is 3.99. The molecule has 0 saturated carbocycles. The molecule has 0 radical (unpaired) electrons. The van der Waals surface area contributed by atoms with E-state index in [9.17, 15) is 57.9 Å². The highest BCUT2D eigenvalue weighted by atomic mass is 32.2. The second kappa shape index (κ2) is 25.5. The summed E-state index contributed by atoms with van der Waals surface area (Å²) in [5, 5.41) is 26.6. The Morgan fingerprint density at radius 1 is 0.952 bits per heavy atom. The summed E-state index contributed by atoms with van der Waals surface area (Å²) in [6, 6.07) is 0. The van der Waals surface area contributed by atoms with Crippen LogP contribution in [0.3, 0.4) is 0 Å². The number of unbranched alkanes of at least 4 members (excludes halogenated alkanes) is 5. The number of rotatable bonds is 30. The Bertz CT molecular complexity index is 1940. The molecule has 1 aliphatic rings. The average molecular weight is 978 g/mol. The molecule has 2 aromatic heterocycles. The average Bonchev–Trinajstić information content (AvgIpc) is 3.75. The number of aliphatic hydroxyl groups excluding tert-OH is 2. The topological polar surface area (TPSA) is 364 Å². The quantitative estimate of drug-likeness (QED) is 0.0401. The number of ether oxygens (including phenoxy) is 1. The summed E-state index contributed by atoms with van der Waals surface area (Å²) in [5.74, 6) is -0.240. The first kappa shape index (κ1) is 54.9. The van der Waals surface area contributed by atoms with E-state index in [4.69, 9.17) is 19.5 Å². The number of thioether (sulfide) groups is 1. The van der Waals surface area contributed by atoms with Crippen LogP contribution in [0, 0.1) is 11.3 Å². The first-order valence-electron chi connectivity index (χ1n) is 20.5. The number of phosphoric ester groups is 3. The third kappa shape index (κ3) is 19.1. The number of anilines is 1. The number of fused-ring (bicyclic) bond motifs is 1. The van der Waals surface area contributed by atoms with Gasteiger partial charge in [0.1, 0.15) is 36.3 Å². The molecule has 8 unspecified atom stereocenters. The van der Waals surface area contributed by atoms with E-state index >= 15 is 0 Å². The Morgan fingerprint density at radius 2 is 1.62 bits per heavy atom. The molecule has 360 valence electrons. The largest absolute Gasteiger partial charge is 0.481 e. The monoisotopic (exact) mass is 977 g/mol. The van der Waals surface area contributed by atoms with Crippen LogP contribution in [0.5, 0.6) is 0 Å². The predicted molar refractivity (Wildman–Crippen MR) is 228 cm³/mol. The van der Waals surface area contributed by atoms with Crippen LogP contribution >= 0.6 is 35.2 Å². The van der Waals surface area contributed by atoms with Crippen molar-refractivity contribution in [3.05, 3.63) is 12.7 Å². The van der Waals surface area contributed by atoms with Gasteiger partial charge in [-0.15, -0.1) is 0 Å². The van der Waals surface area contributed by atoms with Gasteiger partial charge in [-0.1, -0.05) is 90.8 Å². The van der Waals surface area contributed by atoms with Gasteiger partial charge in [-0.2, -0.15) is 4.31 Å². The lowest BCUT2D eigenvalue weighted by Crippen LogP contribution is -2.46. The first-order chi connectivity index (χ1) is 29.4. The molecule has 2 amide bonds. The van der Waals surface area contributed by atoms with Gasteiger partial charge >= 0.3 is 23.5 Å². The zero-order chi connectivity index (χ0) is 47.0. The second-order valence-corrected chi connectivity index (χ2v) is 21.2. The zero-order valence-corrected chi connectivity index (χ0v) is 39.2. The number of nitrogens with zero attached hydrogens (tertiary/aromatic N) is 4. The standard InChI is InChI=1S/C35H62N7O17P3S/c1-5-12-23(2)13-10-8-6-7-9-11-14-26(44)63-18-17-37-25(43)15-16-38-33(47)30(46)35(3,4)20-56-62(53,54)59-61(51,52)55-19-24-29(58-60(48,49)50)28(45)34(57-24)42-22-41-27-31(36)39-21-40-32(27)42/h21-24,28-30,34,45-46H,5-20H2,1-4H3,(H,37,43)(H,38,47)(H,51,52)(H,53,54)(H2,36,39,40)(H2,48,49,50). The molecule has 63 heavy (non-hydrogen) atoms. The second-order valence-electron chi connectivity index (χ2n) is 15.8. The van der Waals surface area contributed by atoms with E-state index in [1.165, 1.54) is 52.4 Å². The molecule has 28 heteroatoms. The summed E-state index contributed by atoms with van der Waals surface area (Å²) in [5.41, 5.74) is 4.28. The summed E-state index contributed by atoms with van der Waals surface area (Å²) in [6.45, 7) is 5.09. The van der Waals surface area contributed by atoms with Gasteiger partial charge in [0.25, 0.3) is 0 Å². The van der Waals surface area contributed by atoms with Crippen molar-refractivity contribution in [3.63, 3.8) is 0 Å². The number of nitrogen functional groups attached to an aromatic ring is 1. The van der Waals surface area contributed by atoms with Crippen molar-refractivity contribution in [1.82, 2.24) is 30.2 Å². The Labute approximate surface area is 369 Å². The molecular weight excluding hydrogens is 915 g/mol. The van der Waals surface area contributed by atoms with Crippen LogP contribution in [0.1, 0.15) is 105 Å². The Morgan fingerprint density at radius 3 is 2.30 bits per heavy atom. The molecular formula is C35H62N7O17P3S. The van der Waals surface area contributed by atoms with E-state index in [0.29, 0.717) is 12.2 Å². The molecule has 24 nitrogen and oxygen atoms in total. The van der Waals surface area contributed by atoms with E-state index in [2.05, 4.69) is 48.3 Å². The van der Waals surface area contributed by atoms with Gasteiger partial charge in [0.2, 0.25) is 11.8 Å². The maximum Gasteiger partial charge on any atom is 0.481 e. The number of aliphatic hydroxyl groups is 2. The van der Waals surface area contributed by atoms with Crippen LogP contribution < -0.4 is 16.4 Å². The maximum absolute atomic E-state index is 12.7. The smallest absolute Gasteiger partial charge is 0.386 e. The molecule has 0 aromatic carbocycles. The van der Waals surface area contributed by atoms with Gasteiger partial charge in [-0.25, -0.2) is 28.6 Å². The van der Waals surface area contributed by atoms with E-state index in [-0.39, 0.29) is 41.6 Å². The summed E-state index contributed by atoms with van der Waals surface area (Å²) < 4.78 is 62.3. The van der Waals surface area contributed by atoms with E-state index in [0.717, 1.165) is 54.2 Å². The summed E-state index contributed by atoms with van der Waals surface area (Å²) in [7, 11) is -16.4. The third-order valence-electron chi connectivity index (χ3n) is 9.87. The number of phosphoric acid groups is 3. The lowest BCUT2D eigenvalue weighted by atomic mass is 9.87. The number of hydrogen-bond acceptors (Lipinski definition) is 18. The molecule has 3 heterocycles. The van der Waals surface area contributed by atoms with Crippen molar-refractivity contribution in [1.29, 1.82) is 0 Å². The van der Waals surface area contributed by atoms with E-state index in [1.807, 2.05) is 0 Å². The van der Waals surface area contributed by atoms with Crippen molar-refractivity contribution in [2.24, 2.45) is 11.3 Å². The van der Waals surface area contributed by atoms with Crippen molar-refractivity contribution < 1.29 is 80.5 Å². The third-order valence-corrected chi connectivity index (χ3v) is 13.9. The van der Waals surface area contributed by atoms with Crippen molar-refractivity contribution in [2.45, 2.75) is 129 Å². The fourth-order valence-electron chi connectivity index (χ4n) is 6.47. The molecule has 1 aliphatic heterocycles. The van der Waals surface area contributed by atoms with Gasteiger partial charge < -0.3 is 50.9 Å². The molecule has 2 aromatic rings. The molecule has 3 rings (SSSR count). The highest BCUT2D eigenvalue weighted by Crippen LogP contribution is 2.61. The molecule has 0 aliphatic carbocycles. The number of hydrogen-bond donors (Lipinski definition) is 9. The van der Waals surface area contributed by atoms with E-state index < -0.39 is 84.6 Å². The number of carbonyl (C=O) groups is 3. The number of aromatic nitrogens is 4. The van der Waals surface area contributed by atoms with Gasteiger partial charge in [-0.05, 0) is 12.3 Å². The van der Waals surface area contributed by atoms with Crippen LogP contribution in [0.25, 0.3) is 11.2 Å². The van der Waals surface area contributed by atoms with Crippen LogP contribution in [0.2, 0.25) is 0 Å². The minimum absolute atomic E-state index is 0.0332. The summed E-state index contributed by atoms with van der Waals surface area (Å²) >= 11 is 1.15. The van der Waals surface area contributed by atoms with Crippen LogP contribution in [0.15, 0.2) is 12.7 Å². The van der Waals surface area contributed by atoms with Gasteiger partial charge in [0.15, 0.2) is 22.8 Å². The Hall–Kier alpha value is -2.44. The van der Waals surface area contributed by atoms with Gasteiger partial charge in [-0.3, -0.25) is 32.5 Å². The van der Waals surface area contributed by atoms with Crippen molar-refractivity contribution in [2.75, 3.05) is 37.8 Å². The molecule has 1 saturated heterocycles. The van der Waals surface area contributed by atoms with Gasteiger partial charge in [0, 0.05) is 37.1 Å². The van der Waals surface area contributed by atoms with Crippen LogP contribution in [-0.4, -0.2) is 123 Å². The van der Waals surface area contributed by atoms with Crippen molar-refractivity contribution in [3.8, 4) is 0 Å². The van der Waals surface area contributed by atoms with Crippen LogP contribution in [0.4, 0.5) is 5.82 Å². The molecule has 0 spiro atoms. The number of amides is 2. The summed E-state index contributed by atoms with van der Waals surface area (Å²) in [4.78, 5) is 88.2. The Balaban J connectivity index is 1.36. The fraction of sp³-hybridized carbons (Fsp3) is 0.771. The minimum atomic E-state index is -5.57. The number of carbonyl (C=O) groups excluding carboxylic acids is 3. The molecule has 1 fully saturated rings. The maximum atomic E-state index is 12.7. The van der Waals surface area contributed by atoms with Gasteiger partial charge in [0.05, 0.1) is 19.5 Å². The minimum Gasteiger partial charge on any atom is -0.386 e. The zero-order valence-electron chi connectivity index (χ0n) is 35.7. The fourth-order valence-corrected chi connectivity index (χ4v) is 10.0. The van der Waals surface area contributed by atoms with Crippen molar-refractivity contribution >= 4 is 69.1 Å². The normalized spacial score (nSPS) is 21.1. The molecule has 10 N–H and O–H groups in total. The van der Waals surface area contributed by atoms with Crippen LogP contribution in [-0.2, 0) is 50.7 Å². The number of imidazole rings is 1. The lowest BCUT2D eigenvalue weighted by Gasteiger charge is -2.30. The number of nitrogens with two attached hydrogens (primary N) is 1. The molecule has 0 bridgehead atoms. The highest BCUT2D eigenvalue weighted by Gasteiger charge is 2.50.